The van der Waals surface area contributed by atoms with Crippen LogP contribution in [0.5, 0.6) is 0 Å². The van der Waals surface area contributed by atoms with Crippen molar-refractivity contribution in [3.05, 3.63) is 69.3 Å². The van der Waals surface area contributed by atoms with Crippen LogP contribution in [0.3, 0.4) is 0 Å². The van der Waals surface area contributed by atoms with Gasteiger partial charge in [0.1, 0.15) is 12.4 Å². The van der Waals surface area contributed by atoms with E-state index in [1.54, 1.807) is 25.1 Å². The Morgan fingerprint density at radius 1 is 1.25 bits per heavy atom. The number of nitrogens with one attached hydrogen (secondary N) is 1. The summed E-state index contributed by atoms with van der Waals surface area (Å²) in [5.74, 6) is -1.12. The van der Waals surface area contributed by atoms with Gasteiger partial charge in [0.25, 0.3) is 0 Å². The average Bonchev–Trinajstić information content (AvgIpc) is 3.18. The predicted octanol–water partition coefficient (Wildman–Crippen LogP) is 3.62. The maximum atomic E-state index is 14.4. The van der Waals surface area contributed by atoms with E-state index >= 15 is 0 Å². The smallest absolute Gasteiger partial charge is 0.338 e. The van der Waals surface area contributed by atoms with Crippen LogP contribution in [-0.2, 0) is 20.8 Å². The van der Waals surface area contributed by atoms with Crippen LogP contribution in [0.25, 0.3) is 0 Å². The minimum atomic E-state index is -0.927. The summed E-state index contributed by atoms with van der Waals surface area (Å²) in [6.45, 7) is 2.30. The molecule has 0 saturated carbocycles. The zero-order valence-electron chi connectivity index (χ0n) is 15.6. The Hall–Kier alpha value is -2.71. The quantitative estimate of drug-likeness (QED) is 0.565. The zero-order chi connectivity index (χ0) is 20.1. The number of hydrogen-bond donors (Lipinski definition) is 1. The van der Waals surface area contributed by atoms with E-state index in [1.165, 1.54) is 29.4 Å². The molecule has 1 aliphatic rings. The minimum Gasteiger partial charge on any atom is -0.460 e. The maximum absolute atomic E-state index is 14.4. The van der Waals surface area contributed by atoms with Crippen molar-refractivity contribution >= 4 is 23.3 Å². The van der Waals surface area contributed by atoms with Crippen LogP contribution >= 0.6 is 11.3 Å². The van der Waals surface area contributed by atoms with Crippen LogP contribution in [0.15, 0.2) is 53.0 Å². The molecule has 3 rings (SSSR count). The fourth-order valence-electron chi connectivity index (χ4n) is 3.03. The molecule has 2 amide bonds. The number of allylic oxidation sites excluding steroid dienone is 1. The largest absolute Gasteiger partial charge is 0.460 e. The number of amides is 2. The van der Waals surface area contributed by atoms with Crippen molar-refractivity contribution in [2.45, 2.75) is 19.5 Å². The molecule has 8 heteroatoms. The normalized spacial score (nSPS) is 16.9. The SMILES string of the molecule is COCCOC(=O)C1=C(C)N(Cc2cccs2)C(=O)NC1c1ccccc1F. The van der Waals surface area contributed by atoms with Gasteiger partial charge in [-0.15, -0.1) is 11.3 Å². The van der Waals surface area contributed by atoms with E-state index in [-0.39, 0.29) is 24.4 Å². The number of rotatable bonds is 7. The second-order valence-corrected chi connectivity index (χ2v) is 7.23. The molecular formula is C20H21FN2O4S. The maximum Gasteiger partial charge on any atom is 0.338 e. The lowest BCUT2D eigenvalue weighted by Crippen LogP contribution is -2.47. The van der Waals surface area contributed by atoms with E-state index in [1.807, 2.05) is 17.5 Å². The van der Waals surface area contributed by atoms with Crippen molar-refractivity contribution in [1.29, 1.82) is 0 Å². The second-order valence-electron chi connectivity index (χ2n) is 6.20. The van der Waals surface area contributed by atoms with Crippen molar-refractivity contribution in [3.8, 4) is 0 Å². The summed E-state index contributed by atoms with van der Waals surface area (Å²) in [7, 11) is 1.50. The molecule has 0 fully saturated rings. The minimum absolute atomic E-state index is 0.0645. The van der Waals surface area contributed by atoms with Gasteiger partial charge in [-0.3, -0.25) is 4.90 Å². The van der Waals surface area contributed by atoms with Crippen molar-refractivity contribution in [3.63, 3.8) is 0 Å². The number of methoxy groups -OCH3 is 1. The van der Waals surface area contributed by atoms with E-state index in [9.17, 15) is 14.0 Å². The molecule has 1 atom stereocenters. The van der Waals surface area contributed by atoms with Crippen LogP contribution in [0.2, 0.25) is 0 Å². The lowest BCUT2D eigenvalue weighted by atomic mass is 9.94. The Bertz CT molecular complexity index is 882. The Balaban J connectivity index is 1.99. The van der Waals surface area contributed by atoms with Crippen molar-refractivity contribution < 1.29 is 23.5 Å². The second kappa shape index (κ2) is 8.99. The van der Waals surface area contributed by atoms with Gasteiger partial charge in [0, 0.05) is 23.2 Å². The van der Waals surface area contributed by atoms with Gasteiger partial charge in [0.2, 0.25) is 0 Å². The average molecular weight is 404 g/mol. The first-order chi connectivity index (χ1) is 13.5. The molecule has 0 bridgehead atoms. The molecule has 0 spiro atoms. The third-order valence-corrected chi connectivity index (χ3v) is 5.31. The van der Waals surface area contributed by atoms with Gasteiger partial charge in [0.05, 0.1) is 24.8 Å². The summed E-state index contributed by atoms with van der Waals surface area (Å²) in [6, 6.07) is 8.53. The lowest BCUT2D eigenvalue weighted by molar-refractivity contribution is -0.140. The summed E-state index contributed by atoms with van der Waals surface area (Å²) < 4.78 is 24.6. The lowest BCUT2D eigenvalue weighted by Gasteiger charge is -2.35. The highest BCUT2D eigenvalue weighted by Crippen LogP contribution is 2.33. The molecule has 1 N–H and O–H groups in total. The highest BCUT2D eigenvalue weighted by atomic mass is 32.1. The number of carbonyl (C=O) groups excluding carboxylic acids is 2. The summed E-state index contributed by atoms with van der Waals surface area (Å²) in [5, 5.41) is 4.66. The van der Waals surface area contributed by atoms with Crippen molar-refractivity contribution in [1.82, 2.24) is 10.2 Å². The Kier molecular flexibility index (Phi) is 6.43. The zero-order valence-corrected chi connectivity index (χ0v) is 16.4. The fourth-order valence-corrected chi connectivity index (χ4v) is 3.73. The van der Waals surface area contributed by atoms with E-state index in [2.05, 4.69) is 5.32 Å². The summed E-state index contributed by atoms with van der Waals surface area (Å²) in [4.78, 5) is 28.0. The predicted molar refractivity (Wildman–Crippen MR) is 103 cm³/mol. The number of urea groups is 1. The highest BCUT2D eigenvalue weighted by molar-refractivity contribution is 7.09. The number of halogens is 1. The molecule has 1 aliphatic heterocycles. The highest BCUT2D eigenvalue weighted by Gasteiger charge is 2.37. The van der Waals surface area contributed by atoms with E-state index < -0.39 is 23.9 Å². The van der Waals surface area contributed by atoms with Crippen LogP contribution in [-0.4, -0.2) is 37.2 Å². The van der Waals surface area contributed by atoms with Crippen LogP contribution in [0.4, 0.5) is 9.18 Å². The Morgan fingerprint density at radius 3 is 2.71 bits per heavy atom. The summed E-state index contributed by atoms with van der Waals surface area (Å²) in [6.07, 6.45) is 0. The summed E-state index contributed by atoms with van der Waals surface area (Å²) in [5.41, 5.74) is 0.856. The van der Waals surface area contributed by atoms with Gasteiger partial charge in [-0.1, -0.05) is 24.3 Å². The summed E-state index contributed by atoms with van der Waals surface area (Å²) >= 11 is 1.51. The molecular weight excluding hydrogens is 383 g/mol. The Morgan fingerprint density at radius 2 is 2.04 bits per heavy atom. The molecule has 2 aromatic rings. The molecule has 148 valence electrons. The molecule has 2 heterocycles. The fraction of sp³-hybridized carbons (Fsp3) is 0.300. The standard InChI is InChI=1S/C20H21FN2O4S/c1-13-17(19(24)27-10-9-26-2)18(15-7-3-4-8-16(15)21)22-20(25)23(13)12-14-6-5-11-28-14/h3-8,11,18H,9-10,12H2,1-2H3,(H,22,25). The molecule has 1 unspecified atom stereocenters. The first-order valence-corrected chi connectivity index (χ1v) is 9.62. The van der Waals surface area contributed by atoms with Gasteiger partial charge < -0.3 is 14.8 Å². The molecule has 0 aliphatic carbocycles. The van der Waals surface area contributed by atoms with E-state index in [4.69, 9.17) is 9.47 Å². The van der Waals surface area contributed by atoms with Crippen molar-refractivity contribution in [2.24, 2.45) is 0 Å². The number of ether oxygens (including phenoxy) is 2. The number of nitrogens with zero attached hydrogens (tertiary/aromatic N) is 1. The number of benzene rings is 1. The topological polar surface area (TPSA) is 67.9 Å². The molecule has 28 heavy (non-hydrogen) atoms. The third-order valence-electron chi connectivity index (χ3n) is 4.45. The first kappa shape index (κ1) is 20.0. The monoisotopic (exact) mass is 404 g/mol. The third kappa shape index (κ3) is 4.23. The van der Waals surface area contributed by atoms with E-state index in [0.717, 1.165) is 4.88 Å². The molecule has 0 radical (unpaired) electrons. The van der Waals surface area contributed by atoms with Crippen LogP contribution in [0.1, 0.15) is 23.4 Å². The molecule has 1 aromatic heterocycles. The van der Waals surface area contributed by atoms with Gasteiger partial charge in [-0.05, 0) is 24.4 Å². The van der Waals surface area contributed by atoms with E-state index in [0.29, 0.717) is 12.2 Å². The van der Waals surface area contributed by atoms with Gasteiger partial charge in [-0.25, -0.2) is 14.0 Å². The Labute approximate surface area is 166 Å². The van der Waals surface area contributed by atoms with Gasteiger partial charge >= 0.3 is 12.0 Å². The van der Waals surface area contributed by atoms with Crippen molar-refractivity contribution in [2.75, 3.05) is 20.3 Å². The van der Waals surface area contributed by atoms with Crippen LogP contribution in [0, 0.1) is 5.82 Å². The number of hydrogen-bond acceptors (Lipinski definition) is 5. The number of carbonyl (C=O) groups is 2. The van der Waals surface area contributed by atoms with Gasteiger partial charge in [0.15, 0.2) is 0 Å². The molecule has 6 nitrogen and oxygen atoms in total. The van der Waals surface area contributed by atoms with Gasteiger partial charge in [-0.2, -0.15) is 0 Å². The molecule has 1 aromatic carbocycles. The number of thiophene rings is 1. The number of esters is 1. The first-order valence-electron chi connectivity index (χ1n) is 8.74. The van der Waals surface area contributed by atoms with Crippen LogP contribution < -0.4 is 5.32 Å². The molecule has 0 saturated heterocycles.